The van der Waals surface area contributed by atoms with Gasteiger partial charge in [0.2, 0.25) is 0 Å². The summed E-state index contributed by atoms with van der Waals surface area (Å²) in [5.41, 5.74) is 0. The molecule has 1 nitrogen and oxygen atoms in total. The molecule has 70 valence electrons. The van der Waals surface area contributed by atoms with Gasteiger partial charge in [0.25, 0.3) is 0 Å². The van der Waals surface area contributed by atoms with Gasteiger partial charge < -0.3 is 0 Å². The van der Waals surface area contributed by atoms with Crippen LogP contribution in [0.25, 0.3) is 0 Å². The summed E-state index contributed by atoms with van der Waals surface area (Å²) in [7, 11) is 0. The fourth-order valence-electron chi connectivity index (χ4n) is 0.783. The van der Waals surface area contributed by atoms with Crippen LogP contribution in [0.15, 0.2) is 12.7 Å². The highest BCUT2D eigenvalue weighted by molar-refractivity contribution is 8.14. The first-order valence-corrected chi connectivity index (χ1v) is 5.10. The molecule has 0 bridgehead atoms. The van der Waals surface area contributed by atoms with Crippen LogP contribution in [-0.4, -0.2) is 9.86 Å². The minimum absolute atomic E-state index is 0.0608. The van der Waals surface area contributed by atoms with Gasteiger partial charge in [0.15, 0.2) is 5.12 Å². The molecule has 0 aliphatic carbocycles. The van der Waals surface area contributed by atoms with Gasteiger partial charge in [0.05, 0.1) is 0 Å². The van der Waals surface area contributed by atoms with Crippen molar-refractivity contribution in [2.75, 3.05) is 0 Å². The smallest absolute Gasteiger partial charge is 0.189 e. The molecule has 0 saturated carbocycles. The van der Waals surface area contributed by atoms with Crippen molar-refractivity contribution >= 4 is 16.9 Å². The van der Waals surface area contributed by atoms with Crippen LogP contribution >= 0.6 is 11.8 Å². The van der Waals surface area contributed by atoms with E-state index >= 15 is 0 Å². The highest BCUT2D eigenvalue weighted by Crippen LogP contribution is 2.25. The third kappa shape index (κ3) is 7.86. The van der Waals surface area contributed by atoms with Gasteiger partial charge in [-0.2, -0.15) is 0 Å². The Hall–Kier alpha value is -0.240. The van der Waals surface area contributed by atoms with Gasteiger partial charge in [-0.25, -0.2) is 0 Å². The first kappa shape index (κ1) is 11.8. The van der Waals surface area contributed by atoms with E-state index in [4.69, 9.17) is 0 Å². The van der Waals surface area contributed by atoms with Crippen molar-refractivity contribution in [2.24, 2.45) is 0 Å². The van der Waals surface area contributed by atoms with Crippen molar-refractivity contribution in [1.29, 1.82) is 0 Å². The van der Waals surface area contributed by atoms with E-state index < -0.39 is 0 Å². The number of allylic oxidation sites excluding steroid dienone is 1. The van der Waals surface area contributed by atoms with Gasteiger partial charge in [-0.05, 0) is 12.8 Å². The molecule has 2 heteroatoms. The van der Waals surface area contributed by atoms with Gasteiger partial charge in [-0.1, -0.05) is 38.6 Å². The summed E-state index contributed by atoms with van der Waals surface area (Å²) in [5, 5.41) is 0.296. The van der Waals surface area contributed by atoms with Crippen LogP contribution in [0, 0.1) is 0 Å². The van der Waals surface area contributed by atoms with Crippen LogP contribution in [0.2, 0.25) is 0 Å². The van der Waals surface area contributed by atoms with Crippen LogP contribution in [0.1, 0.15) is 40.0 Å². The molecule has 12 heavy (non-hydrogen) atoms. The van der Waals surface area contributed by atoms with Crippen LogP contribution in [-0.2, 0) is 4.79 Å². The Labute approximate surface area is 79.6 Å². The zero-order valence-electron chi connectivity index (χ0n) is 8.22. The normalized spacial score (nSPS) is 11.2. The first-order chi connectivity index (χ1) is 5.45. The summed E-state index contributed by atoms with van der Waals surface area (Å²) in [4.78, 5) is 11.3. The molecule has 0 aliphatic rings. The van der Waals surface area contributed by atoms with E-state index in [9.17, 15) is 4.79 Å². The predicted octanol–water partition coefficient (Wildman–Crippen LogP) is 3.40. The summed E-state index contributed by atoms with van der Waals surface area (Å²) in [6.07, 6.45) is 4.41. The topological polar surface area (TPSA) is 17.1 Å². The molecule has 0 radical (unpaired) electrons. The van der Waals surface area contributed by atoms with E-state index in [1.54, 1.807) is 0 Å². The Morgan fingerprint density at radius 1 is 1.50 bits per heavy atom. The Balaban J connectivity index is 3.53. The molecule has 0 rings (SSSR count). The molecule has 0 amide bonds. The summed E-state index contributed by atoms with van der Waals surface area (Å²) in [5.74, 6) is 0. The molecular weight excluding hydrogens is 168 g/mol. The molecule has 0 fully saturated rings. The van der Waals surface area contributed by atoms with Crippen molar-refractivity contribution in [2.45, 2.75) is 44.8 Å². The lowest BCUT2D eigenvalue weighted by Gasteiger charge is -2.15. The van der Waals surface area contributed by atoms with Gasteiger partial charge in [0.1, 0.15) is 0 Å². The highest BCUT2D eigenvalue weighted by atomic mass is 32.2. The van der Waals surface area contributed by atoms with E-state index in [-0.39, 0.29) is 4.75 Å². The number of carbonyl (C=O) groups excluding carboxylic acids is 1. The van der Waals surface area contributed by atoms with E-state index in [0.717, 1.165) is 12.8 Å². The highest BCUT2D eigenvalue weighted by Gasteiger charge is 2.15. The summed E-state index contributed by atoms with van der Waals surface area (Å²) < 4.78 is 0.0608. The molecule has 0 aromatic carbocycles. The number of hydrogen-bond donors (Lipinski definition) is 0. The maximum absolute atomic E-state index is 11.3. The lowest BCUT2D eigenvalue weighted by molar-refractivity contribution is -0.111. The molecule has 0 heterocycles. The van der Waals surface area contributed by atoms with Crippen LogP contribution in [0.3, 0.4) is 0 Å². The monoisotopic (exact) mass is 186 g/mol. The molecule has 0 aromatic heterocycles. The predicted molar refractivity (Wildman–Crippen MR) is 56.4 cm³/mol. The second-order valence-corrected chi connectivity index (χ2v) is 5.65. The van der Waals surface area contributed by atoms with Crippen LogP contribution in [0.4, 0.5) is 0 Å². The zero-order chi connectivity index (χ0) is 9.61. The van der Waals surface area contributed by atoms with Crippen molar-refractivity contribution in [3.05, 3.63) is 12.7 Å². The standard InChI is InChI=1S/C10H18OS/c1-5-6-7-8-9(11)12-10(2,3)4/h5H,1,6-8H2,2-4H3. The second kappa shape index (κ2) is 5.41. The maximum Gasteiger partial charge on any atom is 0.189 e. The van der Waals surface area contributed by atoms with Crippen LogP contribution in [0.5, 0.6) is 0 Å². The molecule has 0 saturated heterocycles. The summed E-state index contributed by atoms with van der Waals surface area (Å²) >= 11 is 1.43. The Morgan fingerprint density at radius 3 is 2.50 bits per heavy atom. The minimum Gasteiger partial charge on any atom is -0.287 e. The maximum atomic E-state index is 11.3. The van der Waals surface area contributed by atoms with Gasteiger partial charge in [-0.3, -0.25) is 4.79 Å². The van der Waals surface area contributed by atoms with Crippen molar-refractivity contribution in [1.82, 2.24) is 0 Å². The Morgan fingerprint density at radius 2 is 2.08 bits per heavy atom. The SMILES string of the molecule is C=CCCCC(=O)SC(C)(C)C. The average molecular weight is 186 g/mol. The van der Waals surface area contributed by atoms with Gasteiger partial charge in [-0.15, -0.1) is 6.58 Å². The summed E-state index contributed by atoms with van der Waals surface area (Å²) in [6, 6.07) is 0. The fraction of sp³-hybridized carbons (Fsp3) is 0.700. The molecule has 0 atom stereocenters. The number of rotatable bonds is 4. The van der Waals surface area contributed by atoms with Crippen molar-refractivity contribution < 1.29 is 4.79 Å². The molecule has 0 aromatic rings. The van der Waals surface area contributed by atoms with E-state index in [2.05, 4.69) is 27.4 Å². The molecular formula is C10H18OS. The first-order valence-electron chi connectivity index (χ1n) is 4.28. The Kier molecular flexibility index (Phi) is 5.31. The van der Waals surface area contributed by atoms with E-state index in [1.165, 1.54) is 11.8 Å². The van der Waals surface area contributed by atoms with Gasteiger partial charge in [0, 0.05) is 11.2 Å². The molecule has 0 aliphatic heterocycles. The second-order valence-electron chi connectivity index (χ2n) is 3.77. The number of unbranched alkanes of at least 4 members (excludes halogenated alkanes) is 1. The summed E-state index contributed by atoms with van der Waals surface area (Å²) in [6.45, 7) is 9.79. The third-order valence-corrected chi connectivity index (χ3v) is 2.25. The molecule has 0 spiro atoms. The molecule has 0 N–H and O–H groups in total. The van der Waals surface area contributed by atoms with Gasteiger partial charge >= 0.3 is 0 Å². The lowest BCUT2D eigenvalue weighted by Crippen LogP contribution is -2.11. The zero-order valence-corrected chi connectivity index (χ0v) is 9.04. The number of carbonyl (C=O) groups is 1. The fourth-order valence-corrected chi connectivity index (χ4v) is 1.71. The average Bonchev–Trinajstić information content (AvgIpc) is 1.84. The van der Waals surface area contributed by atoms with Crippen LogP contribution < -0.4 is 0 Å². The molecule has 0 unspecified atom stereocenters. The number of hydrogen-bond acceptors (Lipinski definition) is 2. The lowest BCUT2D eigenvalue weighted by atomic mass is 10.2. The quantitative estimate of drug-likeness (QED) is 0.494. The van der Waals surface area contributed by atoms with E-state index in [1.807, 2.05) is 6.08 Å². The van der Waals surface area contributed by atoms with E-state index in [0.29, 0.717) is 11.5 Å². The largest absolute Gasteiger partial charge is 0.287 e. The number of thioether (sulfide) groups is 1. The van der Waals surface area contributed by atoms with Crippen molar-refractivity contribution in [3.8, 4) is 0 Å². The third-order valence-electron chi connectivity index (χ3n) is 1.21. The Bertz CT molecular complexity index is 156. The van der Waals surface area contributed by atoms with Crippen molar-refractivity contribution in [3.63, 3.8) is 0 Å². The minimum atomic E-state index is 0.0608.